The van der Waals surface area contributed by atoms with Gasteiger partial charge in [-0.1, -0.05) is 0 Å². The lowest BCUT2D eigenvalue weighted by molar-refractivity contribution is 0.111. The number of aromatic nitrogens is 2. The molecule has 0 unspecified atom stereocenters. The Hall–Kier alpha value is -1.84. The van der Waals surface area contributed by atoms with E-state index in [-0.39, 0.29) is 0 Å². The summed E-state index contributed by atoms with van der Waals surface area (Å²) < 4.78 is 6.79. The molecule has 0 bridgehead atoms. The fourth-order valence-corrected chi connectivity index (χ4v) is 1.28. The second kappa shape index (κ2) is 2.90. The molecule has 0 aliphatic carbocycles. The van der Waals surface area contributed by atoms with Gasteiger partial charge in [-0.05, 0) is 12.1 Å². The molecule has 0 spiro atoms. The molecule has 0 N–H and O–H groups in total. The van der Waals surface area contributed by atoms with Crippen LogP contribution in [0.25, 0.3) is 5.52 Å². The molecule has 0 saturated heterocycles. The molecule has 0 atom stereocenters. The van der Waals surface area contributed by atoms with E-state index in [0.717, 1.165) is 5.52 Å². The van der Waals surface area contributed by atoms with Crippen molar-refractivity contribution < 1.29 is 9.53 Å². The van der Waals surface area contributed by atoms with E-state index in [9.17, 15) is 4.79 Å². The van der Waals surface area contributed by atoms with Crippen LogP contribution in [-0.2, 0) is 0 Å². The Morgan fingerprint density at radius 2 is 2.46 bits per heavy atom. The van der Waals surface area contributed by atoms with Crippen LogP contribution in [0.4, 0.5) is 0 Å². The SMILES string of the molecule is COc1cccn2c(C=O)ncc12. The van der Waals surface area contributed by atoms with E-state index in [1.54, 1.807) is 30.0 Å². The maximum absolute atomic E-state index is 10.6. The number of nitrogens with zero attached hydrogens (tertiary/aromatic N) is 2. The Bertz CT molecular complexity index is 448. The lowest BCUT2D eigenvalue weighted by atomic mass is 10.4. The Labute approximate surface area is 74.8 Å². The zero-order valence-electron chi connectivity index (χ0n) is 7.10. The molecule has 4 heteroatoms. The first-order valence-corrected chi connectivity index (χ1v) is 3.82. The van der Waals surface area contributed by atoms with Gasteiger partial charge < -0.3 is 4.74 Å². The van der Waals surface area contributed by atoms with E-state index in [1.165, 1.54) is 0 Å². The quantitative estimate of drug-likeness (QED) is 0.645. The molecular formula is C9H8N2O2. The second-order valence-electron chi connectivity index (χ2n) is 2.57. The van der Waals surface area contributed by atoms with Crippen molar-refractivity contribution in [2.75, 3.05) is 7.11 Å². The van der Waals surface area contributed by atoms with Crippen LogP contribution >= 0.6 is 0 Å². The normalized spacial score (nSPS) is 10.2. The van der Waals surface area contributed by atoms with E-state index in [2.05, 4.69) is 4.98 Å². The van der Waals surface area contributed by atoms with Crippen LogP contribution in [0, 0.1) is 0 Å². The van der Waals surface area contributed by atoms with Gasteiger partial charge in [0.15, 0.2) is 12.1 Å². The Morgan fingerprint density at radius 1 is 1.62 bits per heavy atom. The van der Waals surface area contributed by atoms with Crippen LogP contribution in [-0.4, -0.2) is 22.8 Å². The van der Waals surface area contributed by atoms with E-state index < -0.39 is 0 Å². The highest BCUT2D eigenvalue weighted by Gasteiger charge is 2.05. The van der Waals surface area contributed by atoms with Crippen molar-refractivity contribution in [3.63, 3.8) is 0 Å². The minimum atomic E-state index is 0.383. The molecule has 2 rings (SSSR count). The van der Waals surface area contributed by atoms with Crippen LogP contribution < -0.4 is 4.74 Å². The smallest absolute Gasteiger partial charge is 0.185 e. The molecule has 2 heterocycles. The summed E-state index contributed by atoms with van der Waals surface area (Å²) in [7, 11) is 1.59. The molecule has 13 heavy (non-hydrogen) atoms. The molecule has 0 amide bonds. The number of hydrogen-bond donors (Lipinski definition) is 0. The van der Waals surface area contributed by atoms with Gasteiger partial charge in [-0.3, -0.25) is 9.20 Å². The predicted octanol–water partition coefficient (Wildman–Crippen LogP) is 1.16. The lowest BCUT2D eigenvalue weighted by Crippen LogP contribution is -1.93. The average molecular weight is 176 g/mol. The minimum absolute atomic E-state index is 0.383. The summed E-state index contributed by atoms with van der Waals surface area (Å²) in [6.07, 6.45) is 4.10. The maximum Gasteiger partial charge on any atom is 0.185 e. The third-order valence-electron chi connectivity index (χ3n) is 1.89. The molecule has 0 aromatic carbocycles. The third kappa shape index (κ3) is 1.07. The Balaban J connectivity index is 2.79. The first kappa shape index (κ1) is 7.79. The number of aldehydes is 1. The van der Waals surface area contributed by atoms with Crippen molar-refractivity contribution in [1.82, 2.24) is 9.38 Å². The van der Waals surface area contributed by atoms with Crippen LogP contribution in [0.1, 0.15) is 10.6 Å². The molecule has 66 valence electrons. The van der Waals surface area contributed by atoms with E-state index in [0.29, 0.717) is 17.9 Å². The number of hydrogen-bond acceptors (Lipinski definition) is 3. The van der Waals surface area contributed by atoms with Gasteiger partial charge in [0.2, 0.25) is 0 Å². The number of methoxy groups -OCH3 is 1. The van der Waals surface area contributed by atoms with Gasteiger partial charge in [0.25, 0.3) is 0 Å². The van der Waals surface area contributed by atoms with Crippen LogP contribution in [0.5, 0.6) is 5.75 Å². The summed E-state index contributed by atoms with van der Waals surface area (Å²) in [5.74, 6) is 1.09. The molecule has 2 aromatic heterocycles. The highest BCUT2D eigenvalue weighted by molar-refractivity contribution is 5.74. The fourth-order valence-electron chi connectivity index (χ4n) is 1.28. The first-order valence-electron chi connectivity index (χ1n) is 3.82. The summed E-state index contributed by atoms with van der Waals surface area (Å²) in [6, 6.07) is 3.63. The summed E-state index contributed by atoms with van der Waals surface area (Å²) in [4.78, 5) is 14.5. The van der Waals surface area contributed by atoms with Crippen molar-refractivity contribution in [2.45, 2.75) is 0 Å². The molecule has 0 saturated carbocycles. The number of imidazole rings is 1. The standard InChI is InChI=1S/C9H8N2O2/c1-13-8-3-2-4-11-7(8)5-10-9(11)6-12/h2-6H,1H3. The number of fused-ring (bicyclic) bond motifs is 1. The average Bonchev–Trinajstić information content (AvgIpc) is 2.60. The van der Waals surface area contributed by atoms with Gasteiger partial charge in [0.05, 0.1) is 13.3 Å². The fraction of sp³-hybridized carbons (Fsp3) is 0.111. The topological polar surface area (TPSA) is 43.6 Å². The number of carbonyl (C=O) groups excluding carboxylic acids is 1. The van der Waals surface area contributed by atoms with Gasteiger partial charge in [-0.2, -0.15) is 0 Å². The summed E-state index contributed by atoms with van der Waals surface area (Å²) in [5.41, 5.74) is 0.798. The van der Waals surface area contributed by atoms with Crippen molar-refractivity contribution in [3.8, 4) is 5.75 Å². The van der Waals surface area contributed by atoms with Crippen molar-refractivity contribution in [2.24, 2.45) is 0 Å². The van der Waals surface area contributed by atoms with E-state index in [4.69, 9.17) is 4.74 Å². The van der Waals surface area contributed by atoms with E-state index >= 15 is 0 Å². The van der Waals surface area contributed by atoms with Crippen molar-refractivity contribution >= 4 is 11.8 Å². The second-order valence-corrected chi connectivity index (χ2v) is 2.57. The van der Waals surface area contributed by atoms with Gasteiger partial charge in [-0.25, -0.2) is 4.98 Å². The number of carbonyl (C=O) groups is 1. The van der Waals surface area contributed by atoms with Gasteiger partial charge in [0.1, 0.15) is 11.3 Å². The molecule has 0 aliphatic heterocycles. The van der Waals surface area contributed by atoms with Gasteiger partial charge in [0, 0.05) is 6.20 Å². The molecule has 2 aromatic rings. The number of pyridine rings is 1. The summed E-state index contributed by atoms with van der Waals surface area (Å²) in [5, 5.41) is 0. The predicted molar refractivity (Wildman–Crippen MR) is 47.1 cm³/mol. The molecule has 4 nitrogen and oxygen atoms in total. The van der Waals surface area contributed by atoms with Crippen LogP contribution in [0.2, 0.25) is 0 Å². The molecular weight excluding hydrogens is 168 g/mol. The molecule has 0 aliphatic rings. The monoisotopic (exact) mass is 176 g/mol. The highest BCUT2D eigenvalue weighted by atomic mass is 16.5. The van der Waals surface area contributed by atoms with Gasteiger partial charge in [-0.15, -0.1) is 0 Å². The number of rotatable bonds is 2. The minimum Gasteiger partial charge on any atom is -0.494 e. The van der Waals surface area contributed by atoms with Crippen LogP contribution in [0.3, 0.4) is 0 Å². The van der Waals surface area contributed by atoms with Crippen LogP contribution in [0.15, 0.2) is 24.5 Å². The Morgan fingerprint density at radius 3 is 3.15 bits per heavy atom. The molecule has 0 radical (unpaired) electrons. The summed E-state index contributed by atoms with van der Waals surface area (Å²) in [6.45, 7) is 0. The zero-order chi connectivity index (χ0) is 9.26. The summed E-state index contributed by atoms with van der Waals surface area (Å²) >= 11 is 0. The van der Waals surface area contributed by atoms with Crippen molar-refractivity contribution in [1.29, 1.82) is 0 Å². The van der Waals surface area contributed by atoms with Gasteiger partial charge >= 0.3 is 0 Å². The lowest BCUT2D eigenvalue weighted by Gasteiger charge is -2.01. The highest BCUT2D eigenvalue weighted by Crippen LogP contribution is 2.18. The molecule has 0 fully saturated rings. The zero-order valence-corrected chi connectivity index (χ0v) is 7.10. The first-order chi connectivity index (χ1) is 6.36. The van der Waals surface area contributed by atoms with E-state index in [1.807, 2.05) is 6.07 Å². The number of ether oxygens (including phenoxy) is 1. The van der Waals surface area contributed by atoms with Crippen molar-refractivity contribution in [3.05, 3.63) is 30.4 Å². The largest absolute Gasteiger partial charge is 0.494 e. The maximum atomic E-state index is 10.6. The third-order valence-corrected chi connectivity index (χ3v) is 1.89. The Kier molecular flexibility index (Phi) is 1.73.